The Bertz CT molecular complexity index is 1350. The minimum Gasteiger partial charge on any atom is -0.337 e. The van der Waals surface area contributed by atoms with Crippen LogP contribution in [0.5, 0.6) is 0 Å². The zero-order valence-electron chi connectivity index (χ0n) is 21.3. The van der Waals surface area contributed by atoms with Gasteiger partial charge in [-0.1, -0.05) is 36.4 Å². The SMILES string of the molecule is Cc1c(C(=O)N2CCC(F)(F)/C(=C\C(=O)N3CCN(C)CC3)c3ccccc32)cnn1-c1ccccc1.Cl. The second kappa shape index (κ2) is 11.0. The van der Waals surface area contributed by atoms with Crippen LogP contribution in [0.4, 0.5) is 14.5 Å². The lowest BCUT2D eigenvalue weighted by Gasteiger charge is -2.32. The number of carbonyl (C=O) groups excluding carboxylic acids is 2. The highest BCUT2D eigenvalue weighted by Gasteiger charge is 2.42. The molecular formula is C28H30ClF2N5O2. The Kier molecular flexibility index (Phi) is 7.99. The molecule has 1 aromatic heterocycles. The van der Waals surface area contributed by atoms with Gasteiger partial charge in [0.05, 0.1) is 28.8 Å². The standard InChI is InChI=1S/C28H29F2N5O2.ClH/c1-20-23(19-31-35(20)21-8-4-3-5-9-21)27(37)34-13-12-28(29,30)24(22-10-6-7-11-25(22)34)18-26(36)33-16-14-32(2)15-17-33;/h3-11,18-19H,12-17H2,1-2H3;1H/b24-18-;. The molecule has 0 N–H and O–H groups in total. The maximum Gasteiger partial charge on any atom is 0.275 e. The maximum atomic E-state index is 15.5. The van der Waals surface area contributed by atoms with E-state index in [1.165, 1.54) is 11.1 Å². The van der Waals surface area contributed by atoms with E-state index >= 15 is 8.78 Å². The van der Waals surface area contributed by atoms with E-state index in [9.17, 15) is 9.59 Å². The number of allylic oxidation sites excluding steroid dienone is 1. The fourth-order valence-corrected chi connectivity index (χ4v) is 4.87. The number of carbonyl (C=O) groups is 2. The lowest BCUT2D eigenvalue weighted by atomic mass is 9.96. The number of para-hydroxylation sites is 2. The average Bonchev–Trinajstić information content (AvgIpc) is 3.24. The van der Waals surface area contributed by atoms with Crippen LogP contribution < -0.4 is 4.90 Å². The van der Waals surface area contributed by atoms with Gasteiger partial charge in [-0.3, -0.25) is 9.59 Å². The Morgan fingerprint density at radius 2 is 1.61 bits per heavy atom. The van der Waals surface area contributed by atoms with Gasteiger partial charge in [0, 0.05) is 56.4 Å². The lowest BCUT2D eigenvalue weighted by molar-refractivity contribution is -0.127. The summed E-state index contributed by atoms with van der Waals surface area (Å²) in [5.41, 5.74) is 1.95. The molecule has 10 heteroatoms. The van der Waals surface area contributed by atoms with Crippen molar-refractivity contribution in [2.75, 3.05) is 44.7 Å². The Hall–Kier alpha value is -3.56. The Morgan fingerprint density at radius 1 is 0.947 bits per heavy atom. The third-order valence-electron chi connectivity index (χ3n) is 7.10. The summed E-state index contributed by atoms with van der Waals surface area (Å²) in [6, 6.07) is 16.0. The molecular weight excluding hydrogens is 512 g/mol. The van der Waals surface area contributed by atoms with E-state index in [1.54, 1.807) is 40.8 Å². The van der Waals surface area contributed by atoms with Crippen molar-refractivity contribution < 1.29 is 18.4 Å². The first-order chi connectivity index (χ1) is 17.8. The Morgan fingerprint density at radius 3 is 2.32 bits per heavy atom. The van der Waals surface area contributed by atoms with Crippen molar-refractivity contribution >= 4 is 35.5 Å². The summed E-state index contributed by atoms with van der Waals surface area (Å²) < 4.78 is 32.7. The molecule has 3 heterocycles. The highest BCUT2D eigenvalue weighted by molar-refractivity contribution is 6.09. The molecule has 3 aromatic rings. The molecule has 38 heavy (non-hydrogen) atoms. The van der Waals surface area contributed by atoms with Crippen LogP contribution >= 0.6 is 12.4 Å². The molecule has 0 unspecified atom stereocenters. The highest BCUT2D eigenvalue weighted by atomic mass is 35.5. The van der Waals surface area contributed by atoms with Crippen LogP contribution in [-0.2, 0) is 4.79 Å². The van der Waals surface area contributed by atoms with Crippen molar-refractivity contribution in [1.29, 1.82) is 0 Å². The normalized spacial score (nSPS) is 18.5. The molecule has 5 rings (SSSR count). The number of piperazine rings is 1. The summed E-state index contributed by atoms with van der Waals surface area (Å²) in [6.45, 7) is 3.95. The van der Waals surface area contributed by atoms with Crippen molar-refractivity contribution in [2.24, 2.45) is 0 Å². The van der Waals surface area contributed by atoms with Gasteiger partial charge >= 0.3 is 0 Å². The maximum absolute atomic E-state index is 15.5. The minimum atomic E-state index is -3.28. The van der Waals surface area contributed by atoms with Crippen LogP contribution in [0.1, 0.15) is 28.0 Å². The number of alkyl halides is 2. The Balaban J connectivity index is 0.00000336. The second-order valence-corrected chi connectivity index (χ2v) is 9.51. The summed E-state index contributed by atoms with van der Waals surface area (Å²) >= 11 is 0. The molecule has 0 bridgehead atoms. The summed E-state index contributed by atoms with van der Waals surface area (Å²) in [6.07, 6.45) is 1.95. The number of hydrogen-bond donors (Lipinski definition) is 0. The number of amides is 2. The number of likely N-dealkylation sites (N-methyl/N-ethyl adjacent to an activating group) is 1. The molecule has 0 radical (unpaired) electrons. The summed E-state index contributed by atoms with van der Waals surface area (Å²) in [5.74, 6) is -4.12. The van der Waals surface area contributed by atoms with Gasteiger partial charge in [0.2, 0.25) is 5.91 Å². The molecule has 2 aromatic carbocycles. The topological polar surface area (TPSA) is 61.7 Å². The molecule has 0 spiro atoms. The van der Waals surface area contributed by atoms with E-state index in [4.69, 9.17) is 0 Å². The molecule has 2 aliphatic rings. The van der Waals surface area contributed by atoms with Crippen LogP contribution in [-0.4, -0.2) is 77.1 Å². The van der Waals surface area contributed by atoms with Gasteiger partial charge in [-0.15, -0.1) is 12.4 Å². The van der Waals surface area contributed by atoms with Crippen molar-refractivity contribution in [3.8, 4) is 5.69 Å². The zero-order valence-corrected chi connectivity index (χ0v) is 22.1. The first-order valence-electron chi connectivity index (χ1n) is 12.3. The quantitative estimate of drug-likeness (QED) is 0.460. The smallest absolute Gasteiger partial charge is 0.275 e. The minimum absolute atomic E-state index is 0. The number of anilines is 1. The van der Waals surface area contributed by atoms with E-state index in [-0.39, 0.29) is 30.1 Å². The van der Waals surface area contributed by atoms with Gasteiger partial charge in [0.15, 0.2) is 0 Å². The van der Waals surface area contributed by atoms with Crippen molar-refractivity contribution in [1.82, 2.24) is 19.6 Å². The first-order valence-corrected chi connectivity index (χ1v) is 12.3. The van der Waals surface area contributed by atoms with Crippen LogP contribution in [0.15, 0.2) is 66.9 Å². The number of hydrogen-bond acceptors (Lipinski definition) is 4. The average molecular weight is 542 g/mol. The fraction of sp³-hybridized carbons (Fsp3) is 0.321. The predicted molar refractivity (Wildman–Crippen MR) is 145 cm³/mol. The fourth-order valence-electron chi connectivity index (χ4n) is 4.87. The zero-order chi connectivity index (χ0) is 26.2. The van der Waals surface area contributed by atoms with Crippen molar-refractivity contribution in [3.63, 3.8) is 0 Å². The van der Waals surface area contributed by atoms with Gasteiger partial charge in [-0.05, 0) is 32.2 Å². The third-order valence-corrected chi connectivity index (χ3v) is 7.10. The van der Waals surface area contributed by atoms with Crippen LogP contribution in [0, 0.1) is 6.92 Å². The summed E-state index contributed by atoms with van der Waals surface area (Å²) in [4.78, 5) is 31.8. The summed E-state index contributed by atoms with van der Waals surface area (Å²) in [7, 11) is 1.97. The lowest BCUT2D eigenvalue weighted by Crippen LogP contribution is -2.46. The second-order valence-electron chi connectivity index (χ2n) is 9.51. The van der Waals surface area contributed by atoms with E-state index in [2.05, 4.69) is 10.00 Å². The third kappa shape index (κ3) is 5.21. The number of aromatic nitrogens is 2. The van der Waals surface area contributed by atoms with Crippen LogP contribution in [0.3, 0.4) is 0 Å². The van der Waals surface area contributed by atoms with Gasteiger partial charge < -0.3 is 14.7 Å². The number of nitrogens with zero attached hydrogens (tertiary/aromatic N) is 5. The van der Waals surface area contributed by atoms with Gasteiger partial charge in [0.1, 0.15) is 0 Å². The van der Waals surface area contributed by atoms with E-state index in [1.807, 2.05) is 37.4 Å². The van der Waals surface area contributed by atoms with Gasteiger partial charge in [-0.25, -0.2) is 13.5 Å². The van der Waals surface area contributed by atoms with E-state index < -0.39 is 24.2 Å². The molecule has 1 fully saturated rings. The largest absolute Gasteiger partial charge is 0.337 e. The molecule has 2 aliphatic heterocycles. The van der Waals surface area contributed by atoms with Crippen molar-refractivity contribution in [3.05, 3.63) is 83.7 Å². The molecule has 0 saturated carbocycles. The van der Waals surface area contributed by atoms with E-state index in [0.29, 0.717) is 43.1 Å². The summed E-state index contributed by atoms with van der Waals surface area (Å²) in [5, 5.41) is 4.38. The van der Waals surface area contributed by atoms with Crippen molar-refractivity contribution in [2.45, 2.75) is 19.3 Å². The molecule has 2 amide bonds. The first kappa shape index (κ1) is 27.5. The number of halogens is 3. The van der Waals surface area contributed by atoms with E-state index in [0.717, 1.165) is 11.8 Å². The Labute approximate surface area is 226 Å². The molecule has 1 saturated heterocycles. The highest BCUT2D eigenvalue weighted by Crippen LogP contribution is 2.43. The predicted octanol–water partition coefficient (Wildman–Crippen LogP) is 4.45. The van der Waals surface area contributed by atoms with Crippen LogP contribution in [0.2, 0.25) is 0 Å². The van der Waals surface area contributed by atoms with Crippen LogP contribution in [0.25, 0.3) is 11.3 Å². The number of rotatable bonds is 3. The monoisotopic (exact) mass is 541 g/mol. The number of benzene rings is 2. The van der Waals surface area contributed by atoms with Gasteiger partial charge in [-0.2, -0.15) is 5.10 Å². The molecule has 200 valence electrons. The number of fused-ring (bicyclic) bond motifs is 1. The molecule has 0 atom stereocenters. The van der Waals surface area contributed by atoms with Gasteiger partial charge in [0.25, 0.3) is 11.8 Å². The molecule has 0 aliphatic carbocycles. The molecule has 7 nitrogen and oxygen atoms in total.